The van der Waals surface area contributed by atoms with Crippen LogP contribution in [0.5, 0.6) is 0 Å². The van der Waals surface area contributed by atoms with Crippen molar-refractivity contribution in [1.29, 1.82) is 0 Å². The van der Waals surface area contributed by atoms with E-state index in [9.17, 15) is 14.0 Å². The fourth-order valence-electron chi connectivity index (χ4n) is 5.11. The largest absolute Gasteiger partial charge is 0.450 e. The molecule has 0 radical (unpaired) electrons. The van der Waals surface area contributed by atoms with Crippen LogP contribution in [0.3, 0.4) is 0 Å². The zero-order chi connectivity index (χ0) is 23.9. The lowest BCUT2D eigenvalue weighted by Gasteiger charge is -2.37. The van der Waals surface area contributed by atoms with Crippen molar-refractivity contribution >= 4 is 12.1 Å². The van der Waals surface area contributed by atoms with E-state index in [1.807, 2.05) is 24.0 Å². The predicted molar refractivity (Wildman–Crippen MR) is 129 cm³/mol. The SMILES string of the molecule is CCOC(=O)N1CCC(NC(=O)N2CCC(CN(Cc3ccccc3F)CC3CC3)CC2)CC1. The molecule has 1 aliphatic carbocycles. The van der Waals surface area contributed by atoms with Crippen LogP contribution in [0.15, 0.2) is 24.3 Å². The molecule has 2 heterocycles. The van der Waals surface area contributed by atoms with Gasteiger partial charge < -0.3 is 19.9 Å². The molecule has 0 bridgehead atoms. The summed E-state index contributed by atoms with van der Waals surface area (Å²) in [7, 11) is 0. The third-order valence-electron chi connectivity index (χ3n) is 7.33. The monoisotopic (exact) mass is 474 g/mol. The average Bonchev–Trinajstić information content (AvgIpc) is 3.65. The van der Waals surface area contributed by atoms with Gasteiger partial charge in [-0.1, -0.05) is 18.2 Å². The molecule has 0 spiro atoms. The van der Waals surface area contributed by atoms with Gasteiger partial charge in [-0.3, -0.25) is 4.90 Å². The first-order valence-electron chi connectivity index (χ1n) is 12.9. The molecule has 4 rings (SSSR count). The number of nitrogens with one attached hydrogen (secondary N) is 1. The Kier molecular flexibility index (Phi) is 8.64. The van der Waals surface area contributed by atoms with Crippen LogP contribution in [0, 0.1) is 17.7 Å². The molecular formula is C26H39FN4O3. The summed E-state index contributed by atoms with van der Waals surface area (Å²) < 4.78 is 19.3. The van der Waals surface area contributed by atoms with E-state index >= 15 is 0 Å². The highest BCUT2D eigenvalue weighted by Gasteiger charge is 2.30. The van der Waals surface area contributed by atoms with Gasteiger partial charge in [-0.2, -0.15) is 0 Å². The maximum atomic E-state index is 14.2. The van der Waals surface area contributed by atoms with Crippen LogP contribution in [0.4, 0.5) is 14.0 Å². The van der Waals surface area contributed by atoms with Gasteiger partial charge in [-0.15, -0.1) is 0 Å². The maximum Gasteiger partial charge on any atom is 0.409 e. The smallest absolute Gasteiger partial charge is 0.409 e. The number of carbonyl (C=O) groups is 2. The Labute approximate surface area is 202 Å². The Morgan fingerprint density at radius 2 is 1.59 bits per heavy atom. The fraction of sp³-hybridized carbons (Fsp3) is 0.692. The van der Waals surface area contributed by atoms with E-state index in [2.05, 4.69) is 10.2 Å². The van der Waals surface area contributed by atoms with Crippen molar-refractivity contribution in [2.45, 2.75) is 58.0 Å². The molecule has 8 heteroatoms. The van der Waals surface area contributed by atoms with Crippen LogP contribution in [-0.2, 0) is 11.3 Å². The van der Waals surface area contributed by atoms with Gasteiger partial charge in [0.1, 0.15) is 5.82 Å². The van der Waals surface area contributed by atoms with E-state index in [4.69, 9.17) is 4.74 Å². The lowest BCUT2D eigenvalue weighted by molar-refractivity contribution is 0.0944. The number of hydrogen-bond acceptors (Lipinski definition) is 4. The number of rotatable bonds is 8. The van der Waals surface area contributed by atoms with Crippen molar-refractivity contribution in [3.05, 3.63) is 35.6 Å². The van der Waals surface area contributed by atoms with Gasteiger partial charge in [0.05, 0.1) is 6.61 Å². The molecule has 34 heavy (non-hydrogen) atoms. The predicted octanol–water partition coefficient (Wildman–Crippen LogP) is 4.08. The van der Waals surface area contributed by atoms with Crippen LogP contribution in [-0.4, -0.2) is 78.7 Å². The zero-order valence-electron chi connectivity index (χ0n) is 20.4. The van der Waals surface area contributed by atoms with Gasteiger partial charge in [0, 0.05) is 57.4 Å². The van der Waals surface area contributed by atoms with Gasteiger partial charge in [0.2, 0.25) is 0 Å². The van der Waals surface area contributed by atoms with Crippen LogP contribution < -0.4 is 5.32 Å². The Hall–Kier alpha value is -2.35. The molecule has 0 aromatic heterocycles. The minimum atomic E-state index is -0.264. The van der Waals surface area contributed by atoms with Crippen molar-refractivity contribution in [2.75, 3.05) is 45.9 Å². The molecular weight excluding hydrogens is 435 g/mol. The molecule has 1 saturated carbocycles. The van der Waals surface area contributed by atoms with Crippen molar-refractivity contribution < 1.29 is 18.7 Å². The van der Waals surface area contributed by atoms with E-state index < -0.39 is 0 Å². The first-order valence-corrected chi connectivity index (χ1v) is 12.9. The van der Waals surface area contributed by atoms with Crippen LogP contribution in [0.2, 0.25) is 0 Å². The number of amides is 3. The number of halogens is 1. The molecule has 0 atom stereocenters. The third-order valence-corrected chi connectivity index (χ3v) is 7.33. The second-order valence-electron chi connectivity index (χ2n) is 10.1. The van der Waals surface area contributed by atoms with Crippen molar-refractivity contribution in [3.63, 3.8) is 0 Å². The Morgan fingerprint density at radius 3 is 2.21 bits per heavy atom. The van der Waals surface area contributed by atoms with E-state index in [1.165, 1.54) is 12.8 Å². The highest BCUT2D eigenvalue weighted by Crippen LogP contribution is 2.31. The fourth-order valence-corrected chi connectivity index (χ4v) is 5.11. The standard InChI is InChI=1S/C26H39FN4O3/c1-2-34-26(33)31-15-11-23(12-16-31)28-25(32)30-13-9-21(10-14-30)18-29(17-20-7-8-20)19-22-5-3-4-6-24(22)27/h3-6,20-21,23H,2,7-19H2,1H3,(H,28,32). The Morgan fingerprint density at radius 1 is 0.971 bits per heavy atom. The molecule has 7 nitrogen and oxygen atoms in total. The first kappa shape index (κ1) is 24.8. The summed E-state index contributed by atoms with van der Waals surface area (Å²) in [6, 6.07) is 7.20. The minimum absolute atomic E-state index is 0.00854. The quantitative estimate of drug-likeness (QED) is 0.617. The Bertz CT molecular complexity index is 818. The van der Waals surface area contributed by atoms with Gasteiger partial charge in [-0.25, -0.2) is 14.0 Å². The highest BCUT2D eigenvalue weighted by atomic mass is 19.1. The van der Waals surface area contributed by atoms with E-state index in [0.29, 0.717) is 32.2 Å². The van der Waals surface area contributed by atoms with Crippen molar-refractivity contribution in [2.24, 2.45) is 11.8 Å². The number of benzene rings is 1. The minimum Gasteiger partial charge on any atom is -0.450 e. The summed E-state index contributed by atoms with van der Waals surface area (Å²) in [6.45, 7) is 7.61. The molecule has 188 valence electrons. The molecule has 2 aliphatic heterocycles. The summed E-state index contributed by atoms with van der Waals surface area (Å²) >= 11 is 0. The molecule has 1 aromatic carbocycles. The highest BCUT2D eigenvalue weighted by molar-refractivity contribution is 5.74. The normalized spacial score (nSPS) is 20.0. The van der Waals surface area contributed by atoms with Crippen molar-refractivity contribution in [1.82, 2.24) is 20.0 Å². The molecule has 0 unspecified atom stereocenters. The van der Waals surface area contributed by atoms with E-state index in [-0.39, 0.29) is 24.0 Å². The summed E-state index contributed by atoms with van der Waals surface area (Å²) in [5, 5.41) is 3.17. The average molecular weight is 475 g/mol. The lowest BCUT2D eigenvalue weighted by Crippen LogP contribution is -2.52. The van der Waals surface area contributed by atoms with Gasteiger partial charge in [0.25, 0.3) is 0 Å². The summed E-state index contributed by atoms with van der Waals surface area (Å²) in [6.07, 6.45) is 5.77. The topological polar surface area (TPSA) is 65.1 Å². The summed E-state index contributed by atoms with van der Waals surface area (Å²) in [5.74, 6) is 1.16. The molecule has 1 N–H and O–H groups in total. The molecule has 3 amide bonds. The van der Waals surface area contributed by atoms with E-state index in [1.54, 1.807) is 17.0 Å². The number of piperidine rings is 2. The number of hydrogen-bond donors (Lipinski definition) is 1. The number of carbonyl (C=O) groups excluding carboxylic acids is 2. The van der Waals surface area contributed by atoms with Gasteiger partial charge >= 0.3 is 12.1 Å². The van der Waals surface area contributed by atoms with Crippen LogP contribution >= 0.6 is 0 Å². The van der Waals surface area contributed by atoms with Crippen molar-refractivity contribution in [3.8, 4) is 0 Å². The second-order valence-corrected chi connectivity index (χ2v) is 10.1. The Balaban J connectivity index is 1.20. The summed E-state index contributed by atoms with van der Waals surface area (Å²) in [4.78, 5) is 30.7. The molecule has 2 saturated heterocycles. The number of nitrogens with zero attached hydrogens (tertiary/aromatic N) is 3. The van der Waals surface area contributed by atoms with E-state index in [0.717, 1.165) is 63.3 Å². The first-order chi connectivity index (χ1) is 16.5. The van der Waals surface area contributed by atoms with Crippen LogP contribution in [0.1, 0.15) is 51.0 Å². The molecule has 3 aliphatic rings. The van der Waals surface area contributed by atoms with Gasteiger partial charge in [0.15, 0.2) is 0 Å². The number of likely N-dealkylation sites (tertiary alicyclic amines) is 2. The maximum absolute atomic E-state index is 14.2. The molecule has 3 fully saturated rings. The zero-order valence-corrected chi connectivity index (χ0v) is 20.4. The summed E-state index contributed by atoms with van der Waals surface area (Å²) in [5.41, 5.74) is 0.772. The number of urea groups is 1. The molecule has 1 aromatic rings. The van der Waals surface area contributed by atoms with Gasteiger partial charge in [-0.05, 0) is 63.4 Å². The van der Waals surface area contributed by atoms with Crippen LogP contribution in [0.25, 0.3) is 0 Å². The lowest BCUT2D eigenvalue weighted by atomic mass is 9.96. The third kappa shape index (κ3) is 7.08. The second kappa shape index (κ2) is 11.9. The number of ether oxygens (including phenoxy) is 1.